The molecule has 0 bridgehead atoms. The minimum atomic E-state index is -0.459. The summed E-state index contributed by atoms with van der Waals surface area (Å²) in [6.07, 6.45) is 1.23. The number of nitrogens with one attached hydrogen (secondary N) is 2. The lowest BCUT2D eigenvalue weighted by molar-refractivity contribution is -0.144. The Morgan fingerprint density at radius 3 is 2.32 bits per heavy atom. The highest BCUT2D eigenvalue weighted by molar-refractivity contribution is 5.89. The van der Waals surface area contributed by atoms with Crippen LogP contribution in [-0.4, -0.2) is 43.5 Å². The summed E-state index contributed by atoms with van der Waals surface area (Å²) in [6.45, 7) is 3.47. The first kappa shape index (κ1) is 26.6. The third kappa shape index (κ3) is 9.44. The second kappa shape index (κ2) is 13.8. The molecule has 0 unspecified atom stereocenters. The van der Waals surface area contributed by atoms with Crippen LogP contribution in [0, 0.1) is 0 Å². The Bertz CT molecular complexity index is 987. The first-order valence-electron chi connectivity index (χ1n) is 11.3. The molecule has 2 amide bonds. The van der Waals surface area contributed by atoms with Crippen LogP contribution in [0.5, 0.6) is 0 Å². The molecule has 2 rings (SSSR count). The number of hydrogen-bond donors (Lipinski definition) is 2. The summed E-state index contributed by atoms with van der Waals surface area (Å²) in [6, 6.07) is 15.2. The van der Waals surface area contributed by atoms with Gasteiger partial charge in [-0.15, -0.1) is 0 Å². The molecular formula is C26H32N2O6. The van der Waals surface area contributed by atoms with Crippen LogP contribution < -0.4 is 10.6 Å². The maximum absolute atomic E-state index is 12.2. The molecule has 0 aromatic heterocycles. The number of benzene rings is 2. The van der Waals surface area contributed by atoms with E-state index in [1.165, 1.54) is 14.0 Å². The first-order chi connectivity index (χ1) is 16.3. The third-order valence-corrected chi connectivity index (χ3v) is 5.12. The van der Waals surface area contributed by atoms with Crippen molar-refractivity contribution in [3.05, 3.63) is 54.1 Å². The summed E-state index contributed by atoms with van der Waals surface area (Å²) in [7, 11) is 1.27. The lowest BCUT2D eigenvalue weighted by Gasteiger charge is -2.18. The zero-order valence-corrected chi connectivity index (χ0v) is 19.9. The van der Waals surface area contributed by atoms with Gasteiger partial charge in [-0.05, 0) is 48.6 Å². The van der Waals surface area contributed by atoms with Crippen molar-refractivity contribution in [2.75, 3.05) is 19.0 Å². The average molecular weight is 469 g/mol. The molecule has 182 valence electrons. The molecule has 0 radical (unpaired) electrons. The molecule has 0 aliphatic heterocycles. The molecule has 34 heavy (non-hydrogen) atoms. The molecule has 0 saturated heterocycles. The van der Waals surface area contributed by atoms with Crippen LogP contribution in [0.2, 0.25) is 0 Å². The number of ether oxygens (including phenoxy) is 2. The minimum Gasteiger partial charge on any atom is -0.469 e. The molecule has 0 aliphatic carbocycles. The molecule has 2 aromatic carbocycles. The first-order valence-corrected chi connectivity index (χ1v) is 11.3. The van der Waals surface area contributed by atoms with Crippen molar-refractivity contribution in [2.45, 2.75) is 52.0 Å². The maximum atomic E-state index is 12.2. The van der Waals surface area contributed by atoms with Crippen molar-refractivity contribution in [3.63, 3.8) is 0 Å². The molecule has 8 heteroatoms. The zero-order chi connectivity index (χ0) is 24.9. The van der Waals surface area contributed by atoms with E-state index in [2.05, 4.69) is 15.4 Å². The highest BCUT2D eigenvalue weighted by Crippen LogP contribution is 2.23. The summed E-state index contributed by atoms with van der Waals surface area (Å²) in [4.78, 5) is 46.8. The number of esters is 2. The Morgan fingerprint density at radius 2 is 1.68 bits per heavy atom. The van der Waals surface area contributed by atoms with Crippen molar-refractivity contribution in [1.82, 2.24) is 5.32 Å². The van der Waals surface area contributed by atoms with Crippen molar-refractivity contribution in [1.29, 1.82) is 0 Å². The molecule has 2 N–H and O–H groups in total. The van der Waals surface area contributed by atoms with E-state index in [1.807, 2.05) is 48.5 Å². The summed E-state index contributed by atoms with van der Waals surface area (Å²) >= 11 is 0. The quantitative estimate of drug-likeness (QED) is 0.460. The number of rotatable bonds is 12. The minimum absolute atomic E-state index is 0.00174. The monoisotopic (exact) mass is 468 g/mol. The maximum Gasteiger partial charge on any atom is 0.307 e. The summed E-state index contributed by atoms with van der Waals surface area (Å²) in [5.74, 6) is -1.27. The Morgan fingerprint density at radius 1 is 0.941 bits per heavy atom. The fourth-order valence-electron chi connectivity index (χ4n) is 3.45. The highest BCUT2D eigenvalue weighted by atomic mass is 16.5. The van der Waals surface area contributed by atoms with Gasteiger partial charge in [0.1, 0.15) is 0 Å². The summed E-state index contributed by atoms with van der Waals surface area (Å²) in [5, 5.41) is 5.61. The van der Waals surface area contributed by atoms with E-state index < -0.39 is 12.0 Å². The van der Waals surface area contributed by atoms with Gasteiger partial charge in [-0.25, -0.2) is 0 Å². The van der Waals surface area contributed by atoms with Gasteiger partial charge in [0, 0.05) is 25.1 Å². The van der Waals surface area contributed by atoms with E-state index in [-0.39, 0.29) is 43.7 Å². The van der Waals surface area contributed by atoms with Crippen molar-refractivity contribution in [2.24, 2.45) is 0 Å². The molecule has 0 saturated carbocycles. The number of carbonyl (C=O) groups excluding carboxylic acids is 4. The Balaban J connectivity index is 2.00. The average Bonchev–Trinajstić information content (AvgIpc) is 2.81. The highest BCUT2D eigenvalue weighted by Gasteiger charge is 2.18. The molecule has 0 spiro atoms. The van der Waals surface area contributed by atoms with Crippen molar-refractivity contribution < 1.29 is 28.7 Å². The lowest BCUT2D eigenvalue weighted by Crippen LogP contribution is -2.37. The van der Waals surface area contributed by atoms with Gasteiger partial charge < -0.3 is 20.1 Å². The normalized spacial score (nSPS) is 11.3. The third-order valence-electron chi connectivity index (χ3n) is 5.12. The number of anilines is 1. The predicted octanol–water partition coefficient (Wildman–Crippen LogP) is 3.64. The topological polar surface area (TPSA) is 111 Å². The largest absolute Gasteiger partial charge is 0.469 e. The molecule has 0 fully saturated rings. The number of aryl methyl sites for hydroxylation is 1. The second-order valence-electron chi connectivity index (χ2n) is 7.85. The van der Waals surface area contributed by atoms with Gasteiger partial charge >= 0.3 is 11.9 Å². The van der Waals surface area contributed by atoms with E-state index in [0.29, 0.717) is 12.8 Å². The Labute approximate surface area is 200 Å². The van der Waals surface area contributed by atoms with Crippen LogP contribution in [0.1, 0.15) is 45.1 Å². The van der Waals surface area contributed by atoms with Crippen LogP contribution >= 0.6 is 0 Å². The number of carbonyl (C=O) groups is 4. The smallest absolute Gasteiger partial charge is 0.307 e. The molecule has 0 aliphatic rings. The Kier molecular flexibility index (Phi) is 10.8. The van der Waals surface area contributed by atoms with E-state index in [9.17, 15) is 19.2 Å². The lowest BCUT2D eigenvalue weighted by atomic mass is 9.99. The molecule has 8 nitrogen and oxygen atoms in total. The fourth-order valence-corrected chi connectivity index (χ4v) is 3.45. The predicted molar refractivity (Wildman–Crippen MR) is 129 cm³/mol. The van der Waals surface area contributed by atoms with Gasteiger partial charge in [0.25, 0.3) is 0 Å². The number of hydrogen-bond acceptors (Lipinski definition) is 6. The zero-order valence-electron chi connectivity index (χ0n) is 19.9. The molecule has 0 heterocycles. The van der Waals surface area contributed by atoms with E-state index in [4.69, 9.17) is 4.74 Å². The van der Waals surface area contributed by atoms with Crippen LogP contribution in [-0.2, 0) is 35.1 Å². The van der Waals surface area contributed by atoms with E-state index in [1.54, 1.807) is 6.92 Å². The van der Waals surface area contributed by atoms with Gasteiger partial charge in [-0.2, -0.15) is 0 Å². The van der Waals surface area contributed by atoms with Crippen molar-refractivity contribution >= 4 is 29.4 Å². The van der Waals surface area contributed by atoms with Gasteiger partial charge in [-0.3, -0.25) is 19.2 Å². The van der Waals surface area contributed by atoms with Crippen molar-refractivity contribution in [3.8, 4) is 11.1 Å². The molecule has 2 aromatic rings. The van der Waals surface area contributed by atoms with Gasteiger partial charge in [0.2, 0.25) is 11.8 Å². The number of amides is 2. The van der Waals surface area contributed by atoms with Gasteiger partial charge in [0.05, 0.1) is 26.6 Å². The van der Waals surface area contributed by atoms with Crippen LogP contribution in [0.15, 0.2) is 48.5 Å². The van der Waals surface area contributed by atoms with Crippen LogP contribution in [0.3, 0.4) is 0 Å². The van der Waals surface area contributed by atoms with Crippen LogP contribution in [0.4, 0.5) is 5.69 Å². The second-order valence-corrected chi connectivity index (χ2v) is 7.85. The van der Waals surface area contributed by atoms with E-state index >= 15 is 0 Å². The standard InChI is InChI=1S/C26H32N2O6/c1-4-34-26(32)17-23(28-24(30)14-15-25(31)33-3)13-10-19-8-11-20(12-9-19)21-6-5-7-22(16-21)27-18(2)29/h5-9,11-12,16,23H,4,10,13-15,17H2,1-3H3,(H,27,29)(H,28,30)/t23-/m1/s1. The Hall–Kier alpha value is -3.68. The summed E-state index contributed by atoms with van der Waals surface area (Å²) < 4.78 is 9.59. The SMILES string of the molecule is CCOC(=O)C[C@@H](CCc1ccc(-c2cccc(NC(C)=O)c2)cc1)NC(=O)CCC(=O)OC. The fraction of sp³-hybridized carbons (Fsp3) is 0.385. The molecule has 1 atom stereocenters. The number of methoxy groups -OCH3 is 1. The van der Waals surface area contributed by atoms with Crippen LogP contribution in [0.25, 0.3) is 11.1 Å². The van der Waals surface area contributed by atoms with Gasteiger partial charge in [-0.1, -0.05) is 36.4 Å². The molecular weight excluding hydrogens is 436 g/mol. The summed E-state index contributed by atoms with van der Waals surface area (Å²) in [5.41, 5.74) is 3.78. The van der Waals surface area contributed by atoms with E-state index in [0.717, 1.165) is 22.4 Å². The van der Waals surface area contributed by atoms with Gasteiger partial charge in [0.15, 0.2) is 0 Å².